The molecule has 1 aliphatic heterocycles. The largest absolute Gasteiger partial charge is 0.481 e. The van der Waals surface area contributed by atoms with Gasteiger partial charge in [-0.1, -0.05) is 162 Å². The van der Waals surface area contributed by atoms with E-state index in [0.717, 1.165) is 51.4 Å². The summed E-state index contributed by atoms with van der Waals surface area (Å²) in [5, 5.41) is 43.3. The van der Waals surface area contributed by atoms with Crippen molar-refractivity contribution in [1.82, 2.24) is 10.2 Å². The topological polar surface area (TPSA) is 157 Å². The van der Waals surface area contributed by atoms with Gasteiger partial charge in [0.2, 0.25) is 11.8 Å². The molecule has 10 heteroatoms. The predicted octanol–water partition coefficient (Wildman–Crippen LogP) is 8.18. The number of carbonyl (C=O) groups is 3. The molecule has 10 nitrogen and oxygen atoms in total. The molecule has 1 fully saturated rings. The van der Waals surface area contributed by atoms with E-state index in [-0.39, 0.29) is 25.2 Å². The summed E-state index contributed by atoms with van der Waals surface area (Å²) in [5.41, 5.74) is 0. The first-order chi connectivity index (χ1) is 24.8. The molecule has 5 atom stereocenters. The number of carboxylic acids is 1. The SMILES string of the molecule is CCCCCCCCCCCCCCCCCCN(C(=O)CCCCCCCCCCC)[C@@H]1O[C@H](CO)[C@H](O)[C@H](O)[C@H]1NC(=O)CCCC(=O)O. The first-order valence-electron chi connectivity index (χ1n) is 21.2. The second-order valence-electron chi connectivity index (χ2n) is 15.0. The fraction of sp³-hybridized carbons (Fsp3) is 0.927. The zero-order valence-electron chi connectivity index (χ0n) is 32.7. The van der Waals surface area contributed by atoms with Gasteiger partial charge in [0.1, 0.15) is 24.4 Å². The Morgan fingerprint density at radius 1 is 0.569 bits per heavy atom. The summed E-state index contributed by atoms with van der Waals surface area (Å²) < 4.78 is 6.07. The van der Waals surface area contributed by atoms with Crippen molar-refractivity contribution in [3.05, 3.63) is 0 Å². The van der Waals surface area contributed by atoms with Crippen LogP contribution in [0.4, 0.5) is 0 Å². The van der Waals surface area contributed by atoms with Crippen LogP contribution in [0.15, 0.2) is 0 Å². The highest BCUT2D eigenvalue weighted by Crippen LogP contribution is 2.26. The summed E-state index contributed by atoms with van der Waals surface area (Å²) >= 11 is 0. The lowest BCUT2D eigenvalue weighted by Gasteiger charge is -2.47. The van der Waals surface area contributed by atoms with Crippen molar-refractivity contribution in [2.45, 2.75) is 231 Å². The molecule has 0 radical (unpaired) electrons. The van der Waals surface area contributed by atoms with Gasteiger partial charge in [-0.15, -0.1) is 0 Å². The molecule has 0 aromatic rings. The fourth-order valence-electron chi connectivity index (χ4n) is 7.13. The number of carbonyl (C=O) groups excluding carboxylic acids is 2. The number of nitrogens with one attached hydrogen (secondary N) is 1. The second-order valence-corrected chi connectivity index (χ2v) is 15.0. The Labute approximate surface area is 310 Å². The van der Waals surface area contributed by atoms with E-state index in [4.69, 9.17) is 9.84 Å². The molecule has 51 heavy (non-hydrogen) atoms. The van der Waals surface area contributed by atoms with Crippen molar-refractivity contribution < 1.29 is 39.5 Å². The van der Waals surface area contributed by atoms with Crippen molar-refractivity contribution in [1.29, 1.82) is 0 Å². The van der Waals surface area contributed by atoms with Gasteiger partial charge in [0.15, 0.2) is 6.23 Å². The molecule has 1 rings (SSSR count). The van der Waals surface area contributed by atoms with E-state index in [9.17, 15) is 29.7 Å². The molecule has 0 saturated carbocycles. The molecule has 5 N–H and O–H groups in total. The summed E-state index contributed by atoms with van der Waals surface area (Å²) in [7, 11) is 0. The van der Waals surface area contributed by atoms with E-state index in [1.54, 1.807) is 4.90 Å². The van der Waals surface area contributed by atoms with Crippen LogP contribution >= 0.6 is 0 Å². The molecular formula is C41H78N2O8. The lowest BCUT2D eigenvalue weighted by Crippen LogP contribution is -2.68. The molecule has 1 saturated heterocycles. The summed E-state index contributed by atoms with van der Waals surface area (Å²) in [6.07, 6.45) is 25.1. The first-order valence-corrected chi connectivity index (χ1v) is 21.2. The zero-order chi connectivity index (χ0) is 37.5. The van der Waals surface area contributed by atoms with Crippen LogP contribution in [-0.4, -0.2) is 86.8 Å². The molecule has 0 aromatic heterocycles. The predicted molar refractivity (Wildman–Crippen MR) is 204 cm³/mol. The molecule has 1 heterocycles. The van der Waals surface area contributed by atoms with Crippen molar-refractivity contribution in [2.75, 3.05) is 13.2 Å². The van der Waals surface area contributed by atoms with Gasteiger partial charge in [-0.2, -0.15) is 0 Å². The van der Waals surface area contributed by atoms with Crippen LogP contribution in [0.5, 0.6) is 0 Å². The molecule has 0 unspecified atom stereocenters. The molecule has 0 spiro atoms. The third kappa shape index (κ3) is 22.8. The second kappa shape index (κ2) is 31.7. The van der Waals surface area contributed by atoms with Gasteiger partial charge in [-0.05, 0) is 19.3 Å². The number of aliphatic carboxylic acids is 1. The van der Waals surface area contributed by atoms with Crippen LogP contribution in [0.25, 0.3) is 0 Å². The van der Waals surface area contributed by atoms with Crippen LogP contribution in [0, 0.1) is 0 Å². The third-order valence-electron chi connectivity index (χ3n) is 10.4. The maximum atomic E-state index is 13.8. The number of hydrogen-bond acceptors (Lipinski definition) is 7. The van der Waals surface area contributed by atoms with Gasteiger partial charge in [0, 0.05) is 25.8 Å². The van der Waals surface area contributed by atoms with E-state index in [1.165, 1.54) is 109 Å². The Bertz CT molecular complexity index is 875. The summed E-state index contributed by atoms with van der Waals surface area (Å²) in [6.45, 7) is 4.30. The number of aliphatic hydroxyl groups is 3. The molecule has 300 valence electrons. The van der Waals surface area contributed by atoms with Gasteiger partial charge >= 0.3 is 5.97 Å². The Morgan fingerprint density at radius 2 is 1.00 bits per heavy atom. The maximum Gasteiger partial charge on any atom is 0.303 e. The highest BCUT2D eigenvalue weighted by atomic mass is 16.5. The Balaban J connectivity index is 2.68. The highest BCUT2D eigenvalue weighted by Gasteiger charge is 2.48. The Kier molecular flexibility index (Phi) is 29.4. The molecule has 0 aliphatic carbocycles. The van der Waals surface area contributed by atoms with Gasteiger partial charge in [0.05, 0.1) is 6.61 Å². The number of amides is 2. The monoisotopic (exact) mass is 727 g/mol. The third-order valence-corrected chi connectivity index (χ3v) is 10.4. The van der Waals surface area contributed by atoms with Crippen molar-refractivity contribution in [2.24, 2.45) is 0 Å². The molecule has 1 aliphatic rings. The van der Waals surface area contributed by atoms with Crippen LogP contribution in [0.1, 0.15) is 200 Å². The van der Waals surface area contributed by atoms with Gasteiger partial charge in [-0.25, -0.2) is 0 Å². The average Bonchev–Trinajstić information content (AvgIpc) is 3.11. The van der Waals surface area contributed by atoms with E-state index in [2.05, 4.69) is 19.2 Å². The Hall–Kier alpha value is -1.75. The summed E-state index contributed by atoms with van der Waals surface area (Å²) in [5.74, 6) is -1.62. The van der Waals surface area contributed by atoms with Crippen LogP contribution < -0.4 is 5.32 Å². The van der Waals surface area contributed by atoms with Crippen LogP contribution in [-0.2, 0) is 19.1 Å². The fourth-order valence-corrected chi connectivity index (χ4v) is 7.13. The van der Waals surface area contributed by atoms with Crippen LogP contribution in [0.2, 0.25) is 0 Å². The standard InChI is InChI=1S/C41H78N2O8/c1-3-5-7-9-11-13-14-15-16-17-18-19-21-23-25-27-32-43(36(46)30-26-24-22-20-12-10-8-6-4-2)41-38(40(50)39(49)34(33-44)51-41)42-35(45)29-28-31-37(47)48/h34,38-41,44,49-50H,3-33H2,1-2H3,(H,42,45)(H,47,48)/t34-,38-,39+,40-,41-/m1/s1. The molecule has 0 aromatic carbocycles. The van der Waals surface area contributed by atoms with Gasteiger partial charge in [0.25, 0.3) is 0 Å². The molecular weight excluding hydrogens is 648 g/mol. The van der Waals surface area contributed by atoms with E-state index in [0.29, 0.717) is 13.0 Å². The number of carboxylic acid groups (broad SMARTS) is 1. The Morgan fingerprint density at radius 3 is 1.43 bits per heavy atom. The normalized spacial score (nSPS) is 20.4. The van der Waals surface area contributed by atoms with Gasteiger partial charge in [-0.3, -0.25) is 14.4 Å². The average molecular weight is 727 g/mol. The van der Waals surface area contributed by atoms with Crippen molar-refractivity contribution in [3.63, 3.8) is 0 Å². The zero-order valence-corrected chi connectivity index (χ0v) is 32.7. The number of hydrogen-bond donors (Lipinski definition) is 5. The number of aliphatic hydroxyl groups excluding tert-OH is 3. The van der Waals surface area contributed by atoms with Crippen LogP contribution in [0.3, 0.4) is 0 Å². The van der Waals surface area contributed by atoms with Gasteiger partial charge < -0.3 is 35.4 Å². The molecule has 0 bridgehead atoms. The number of unbranched alkanes of at least 4 members (excludes halogenated alkanes) is 23. The smallest absolute Gasteiger partial charge is 0.303 e. The number of rotatable bonds is 34. The summed E-state index contributed by atoms with van der Waals surface area (Å²) in [4.78, 5) is 39.1. The van der Waals surface area contributed by atoms with Crippen molar-refractivity contribution in [3.8, 4) is 0 Å². The highest BCUT2D eigenvalue weighted by molar-refractivity contribution is 5.78. The molecule has 2 amide bonds. The minimum absolute atomic E-state index is 0.0761. The van der Waals surface area contributed by atoms with E-state index < -0.39 is 49.1 Å². The van der Waals surface area contributed by atoms with E-state index in [1.807, 2.05) is 0 Å². The lowest BCUT2D eigenvalue weighted by atomic mass is 9.94. The summed E-state index contributed by atoms with van der Waals surface area (Å²) in [6, 6.07) is -1.12. The first kappa shape index (κ1) is 47.3. The quantitative estimate of drug-likeness (QED) is 0.0416. The minimum atomic E-state index is -1.47. The van der Waals surface area contributed by atoms with E-state index >= 15 is 0 Å². The minimum Gasteiger partial charge on any atom is -0.481 e. The maximum absolute atomic E-state index is 13.8. The number of nitrogens with zero attached hydrogens (tertiary/aromatic N) is 1. The number of ether oxygens (including phenoxy) is 1. The van der Waals surface area contributed by atoms with Crippen molar-refractivity contribution >= 4 is 17.8 Å². The lowest BCUT2D eigenvalue weighted by molar-refractivity contribution is -0.231.